The summed E-state index contributed by atoms with van der Waals surface area (Å²) in [5.74, 6) is 0.902. The van der Waals surface area contributed by atoms with Gasteiger partial charge in [-0.2, -0.15) is 0 Å². The number of aryl methyl sites for hydroxylation is 1. The lowest BCUT2D eigenvalue weighted by Crippen LogP contribution is -1.88. The molecule has 0 fully saturated rings. The molecular formula is C11H13FN2. The van der Waals surface area contributed by atoms with Crippen molar-refractivity contribution in [3.05, 3.63) is 29.3 Å². The largest absolute Gasteiger partial charge is 0.339 e. The first-order valence-electron chi connectivity index (χ1n) is 4.74. The molecule has 0 saturated carbocycles. The molecule has 0 aliphatic carbocycles. The first-order chi connectivity index (χ1) is 6.59. The predicted octanol–water partition coefficient (Wildman–Crippen LogP) is 3.13. The van der Waals surface area contributed by atoms with Crippen molar-refractivity contribution in [1.29, 1.82) is 0 Å². The number of aromatic amines is 1. The molecule has 2 aromatic rings. The summed E-state index contributed by atoms with van der Waals surface area (Å²) in [6.07, 6.45) is 0. The molecule has 0 saturated heterocycles. The summed E-state index contributed by atoms with van der Waals surface area (Å²) in [6.45, 7) is 6.00. The summed E-state index contributed by atoms with van der Waals surface area (Å²) in [5, 5.41) is 0. The van der Waals surface area contributed by atoms with Gasteiger partial charge in [0, 0.05) is 5.92 Å². The number of benzene rings is 1. The first-order valence-corrected chi connectivity index (χ1v) is 4.74. The molecule has 14 heavy (non-hydrogen) atoms. The highest BCUT2D eigenvalue weighted by Gasteiger charge is 2.11. The standard InChI is InChI=1S/C11H13FN2/c1-6(2)11-13-9-7(3)4-5-8(12)10(9)14-11/h4-6H,1-3H3,(H,13,14). The molecule has 0 atom stereocenters. The monoisotopic (exact) mass is 192 g/mol. The van der Waals surface area contributed by atoms with Crippen molar-refractivity contribution >= 4 is 11.0 Å². The van der Waals surface area contributed by atoms with E-state index >= 15 is 0 Å². The van der Waals surface area contributed by atoms with E-state index in [1.807, 2.05) is 20.8 Å². The van der Waals surface area contributed by atoms with E-state index in [4.69, 9.17) is 0 Å². The lowest BCUT2D eigenvalue weighted by molar-refractivity contribution is 0.636. The number of H-pyrrole nitrogens is 1. The van der Waals surface area contributed by atoms with Crippen LogP contribution in [0.1, 0.15) is 31.2 Å². The molecule has 0 aliphatic rings. The van der Waals surface area contributed by atoms with E-state index in [2.05, 4.69) is 9.97 Å². The molecule has 0 radical (unpaired) electrons. The Labute approximate surface area is 82.2 Å². The second-order valence-corrected chi connectivity index (χ2v) is 3.86. The van der Waals surface area contributed by atoms with Gasteiger partial charge in [-0.3, -0.25) is 0 Å². The Morgan fingerprint density at radius 3 is 2.64 bits per heavy atom. The minimum atomic E-state index is -0.231. The molecule has 2 nitrogen and oxygen atoms in total. The Morgan fingerprint density at radius 2 is 2.07 bits per heavy atom. The van der Waals surface area contributed by atoms with E-state index in [-0.39, 0.29) is 5.82 Å². The van der Waals surface area contributed by atoms with Crippen LogP contribution in [0.25, 0.3) is 11.0 Å². The third-order valence-electron chi connectivity index (χ3n) is 2.36. The Hall–Kier alpha value is -1.38. The molecule has 74 valence electrons. The van der Waals surface area contributed by atoms with Crippen LogP contribution >= 0.6 is 0 Å². The molecule has 0 spiro atoms. The number of fused-ring (bicyclic) bond motifs is 1. The maximum Gasteiger partial charge on any atom is 0.148 e. The van der Waals surface area contributed by atoms with Crippen molar-refractivity contribution in [3.63, 3.8) is 0 Å². The average molecular weight is 192 g/mol. The number of nitrogens with zero attached hydrogens (tertiary/aromatic N) is 1. The molecule has 1 N–H and O–H groups in total. The lowest BCUT2D eigenvalue weighted by atomic mass is 10.2. The number of hydrogen-bond donors (Lipinski definition) is 1. The molecule has 1 heterocycles. The second-order valence-electron chi connectivity index (χ2n) is 3.86. The molecule has 2 rings (SSSR count). The second kappa shape index (κ2) is 3.08. The topological polar surface area (TPSA) is 28.7 Å². The van der Waals surface area contributed by atoms with Crippen LogP contribution in [0.2, 0.25) is 0 Å². The maximum atomic E-state index is 13.4. The van der Waals surface area contributed by atoms with E-state index < -0.39 is 0 Å². The number of hydrogen-bond acceptors (Lipinski definition) is 1. The van der Waals surface area contributed by atoms with Gasteiger partial charge in [0.1, 0.15) is 17.2 Å². The molecule has 3 heteroatoms. The third kappa shape index (κ3) is 1.29. The van der Waals surface area contributed by atoms with Crippen molar-refractivity contribution in [2.75, 3.05) is 0 Å². The summed E-state index contributed by atoms with van der Waals surface area (Å²) in [6, 6.07) is 3.22. The fourth-order valence-electron chi connectivity index (χ4n) is 1.48. The third-order valence-corrected chi connectivity index (χ3v) is 2.36. The molecule has 0 bridgehead atoms. The van der Waals surface area contributed by atoms with Crippen molar-refractivity contribution < 1.29 is 4.39 Å². The van der Waals surface area contributed by atoms with Crippen LogP contribution in [0.15, 0.2) is 12.1 Å². The highest BCUT2D eigenvalue weighted by Crippen LogP contribution is 2.22. The van der Waals surface area contributed by atoms with Gasteiger partial charge in [0.15, 0.2) is 0 Å². The summed E-state index contributed by atoms with van der Waals surface area (Å²) in [4.78, 5) is 7.40. The summed E-state index contributed by atoms with van der Waals surface area (Å²) < 4.78 is 13.4. The molecular weight excluding hydrogens is 179 g/mol. The number of aromatic nitrogens is 2. The van der Waals surface area contributed by atoms with Crippen molar-refractivity contribution in [3.8, 4) is 0 Å². The van der Waals surface area contributed by atoms with Gasteiger partial charge >= 0.3 is 0 Å². The molecule has 0 amide bonds. The maximum absolute atomic E-state index is 13.4. The summed E-state index contributed by atoms with van der Waals surface area (Å²) in [7, 11) is 0. The quantitative estimate of drug-likeness (QED) is 0.738. The highest BCUT2D eigenvalue weighted by atomic mass is 19.1. The normalized spacial score (nSPS) is 11.5. The fraction of sp³-hybridized carbons (Fsp3) is 0.364. The van der Waals surface area contributed by atoms with Gasteiger partial charge in [-0.15, -0.1) is 0 Å². The Bertz CT molecular complexity index is 432. The number of halogens is 1. The zero-order valence-electron chi connectivity index (χ0n) is 8.56. The number of nitrogens with one attached hydrogen (secondary N) is 1. The lowest BCUT2D eigenvalue weighted by Gasteiger charge is -1.95. The van der Waals surface area contributed by atoms with Gasteiger partial charge in [-0.25, -0.2) is 9.37 Å². The number of imidazole rings is 1. The van der Waals surface area contributed by atoms with Crippen LogP contribution < -0.4 is 0 Å². The predicted molar refractivity (Wildman–Crippen MR) is 54.9 cm³/mol. The van der Waals surface area contributed by atoms with E-state index in [9.17, 15) is 4.39 Å². The van der Waals surface area contributed by atoms with Crippen molar-refractivity contribution in [2.24, 2.45) is 0 Å². The van der Waals surface area contributed by atoms with Crippen molar-refractivity contribution in [1.82, 2.24) is 9.97 Å². The van der Waals surface area contributed by atoms with Crippen LogP contribution in [0.4, 0.5) is 4.39 Å². The number of rotatable bonds is 1. The Balaban J connectivity index is 2.75. The van der Waals surface area contributed by atoms with E-state index in [1.54, 1.807) is 6.07 Å². The van der Waals surface area contributed by atoms with Crippen molar-refractivity contribution in [2.45, 2.75) is 26.7 Å². The molecule has 1 aromatic heterocycles. The minimum Gasteiger partial charge on any atom is -0.339 e. The Morgan fingerprint density at radius 1 is 1.36 bits per heavy atom. The average Bonchev–Trinajstić information content (AvgIpc) is 2.57. The van der Waals surface area contributed by atoms with Gasteiger partial charge in [0.05, 0.1) is 5.52 Å². The van der Waals surface area contributed by atoms with Gasteiger partial charge in [0.25, 0.3) is 0 Å². The first kappa shape index (κ1) is 9.19. The van der Waals surface area contributed by atoms with Crippen LogP contribution in [0.3, 0.4) is 0 Å². The van der Waals surface area contributed by atoms with Crippen LogP contribution in [-0.4, -0.2) is 9.97 Å². The van der Waals surface area contributed by atoms with Gasteiger partial charge in [-0.05, 0) is 18.6 Å². The molecule has 1 aromatic carbocycles. The minimum absolute atomic E-state index is 0.231. The SMILES string of the molecule is Cc1ccc(F)c2[nH]c(C(C)C)nc12. The van der Waals surface area contributed by atoms with Crippen LogP contribution in [0.5, 0.6) is 0 Å². The van der Waals surface area contributed by atoms with Crippen LogP contribution in [-0.2, 0) is 0 Å². The highest BCUT2D eigenvalue weighted by molar-refractivity contribution is 5.79. The van der Waals surface area contributed by atoms with E-state index in [0.717, 1.165) is 16.9 Å². The zero-order valence-corrected chi connectivity index (χ0v) is 8.56. The summed E-state index contributed by atoms with van der Waals surface area (Å²) >= 11 is 0. The zero-order chi connectivity index (χ0) is 10.3. The molecule has 0 unspecified atom stereocenters. The van der Waals surface area contributed by atoms with Gasteiger partial charge < -0.3 is 4.98 Å². The van der Waals surface area contributed by atoms with Crippen LogP contribution in [0, 0.1) is 12.7 Å². The van der Waals surface area contributed by atoms with E-state index in [1.165, 1.54) is 6.07 Å². The summed E-state index contributed by atoms with van der Waals surface area (Å²) in [5.41, 5.74) is 2.27. The smallest absolute Gasteiger partial charge is 0.148 e. The Kier molecular flexibility index (Phi) is 2.02. The van der Waals surface area contributed by atoms with Gasteiger partial charge in [0.2, 0.25) is 0 Å². The fourth-order valence-corrected chi connectivity index (χ4v) is 1.48. The molecule has 0 aliphatic heterocycles. The van der Waals surface area contributed by atoms with Gasteiger partial charge in [-0.1, -0.05) is 19.9 Å². The van der Waals surface area contributed by atoms with E-state index in [0.29, 0.717) is 11.4 Å².